The van der Waals surface area contributed by atoms with Gasteiger partial charge in [-0.1, -0.05) is 36.4 Å². The summed E-state index contributed by atoms with van der Waals surface area (Å²) in [6.07, 6.45) is 5.21. The number of amides is 1. The number of hydrogen-bond acceptors (Lipinski definition) is 3. The molecular formula is C19H20N4O3. The van der Waals surface area contributed by atoms with Gasteiger partial charge in [0.1, 0.15) is 0 Å². The number of nitrogens with zero attached hydrogens (tertiary/aromatic N) is 1. The van der Waals surface area contributed by atoms with Crippen LogP contribution in [0.25, 0.3) is 21.8 Å². The van der Waals surface area contributed by atoms with Crippen molar-refractivity contribution in [1.29, 1.82) is 0 Å². The maximum atomic E-state index is 12.3. The Balaban J connectivity index is 0.000000739. The molecule has 2 aromatic heterocycles. The zero-order chi connectivity index (χ0) is 18.4. The van der Waals surface area contributed by atoms with Crippen molar-refractivity contribution in [2.24, 2.45) is 5.10 Å². The van der Waals surface area contributed by atoms with Crippen molar-refractivity contribution in [2.75, 3.05) is 0 Å². The Morgan fingerprint density at radius 1 is 1.00 bits per heavy atom. The van der Waals surface area contributed by atoms with Crippen LogP contribution >= 0.6 is 0 Å². The van der Waals surface area contributed by atoms with E-state index in [1.54, 1.807) is 12.4 Å². The molecule has 4 aromatic rings. The van der Waals surface area contributed by atoms with Crippen molar-refractivity contribution in [3.05, 3.63) is 72.1 Å². The Morgan fingerprint density at radius 2 is 1.58 bits per heavy atom. The highest BCUT2D eigenvalue weighted by atomic mass is 16.3. The Morgan fingerprint density at radius 3 is 2.31 bits per heavy atom. The van der Waals surface area contributed by atoms with Gasteiger partial charge in [-0.25, -0.2) is 5.43 Å². The van der Waals surface area contributed by atoms with E-state index in [9.17, 15) is 4.79 Å². The SMILES string of the molecule is O=C(N/N=C/c1c[nH]c2ccccc12)c1c[nH]c2ccccc12.O=CO.[HH].[HH]. The van der Waals surface area contributed by atoms with E-state index in [0.29, 0.717) is 5.56 Å². The van der Waals surface area contributed by atoms with Gasteiger partial charge in [0, 0.05) is 42.6 Å². The number of hydrogen-bond donors (Lipinski definition) is 4. The molecule has 2 aromatic carbocycles. The molecule has 134 valence electrons. The maximum Gasteiger partial charge on any atom is 0.290 e. The van der Waals surface area contributed by atoms with Gasteiger partial charge in [0.05, 0.1) is 11.8 Å². The van der Waals surface area contributed by atoms with Crippen LogP contribution in [0.3, 0.4) is 0 Å². The van der Waals surface area contributed by atoms with Crippen molar-refractivity contribution in [1.82, 2.24) is 15.4 Å². The predicted octanol–water partition coefficient (Wildman–Crippen LogP) is 3.61. The van der Waals surface area contributed by atoms with E-state index in [1.165, 1.54) is 0 Å². The number of para-hydroxylation sites is 2. The highest BCUT2D eigenvalue weighted by molar-refractivity contribution is 6.07. The second-order valence-corrected chi connectivity index (χ2v) is 5.34. The number of hydrazone groups is 1. The number of benzene rings is 2. The van der Waals surface area contributed by atoms with Crippen molar-refractivity contribution in [3.63, 3.8) is 0 Å². The van der Waals surface area contributed by atoms with Gasteiger partial charge < -0.3 is 15.1 Å². The number of aromatic amines is 2. The molecule has 4 N–H and O–H groups in total. The van der Waals surface area contributed by atoms with E-state index in [-0.39, 0.29) is 15.2 Å². The van der Waals surface area contributed by atoms with Crippen LogP contribution in [0.4, 0.5) is 0 Å². The fourth-order valence-electron chi connectivity index (χ4n) is 2.68. The molecule has 26 heavy (non-hydrogen) atoms. The standard InChI is InChI=1S/C18H14N4O.CH2O2.2H2/c23-18(15-11-20-17-8-4-2-6-14(15)17)22-21-10-12-9-19-16-7-3-1-5-13(12)16;2-1-3;;/h1-11,19-20H,(H,22,23);1H,(H,2,3);2*1H/b21-10+;;;. The van der Waals surface area contributed by atoms with Gasteiger partial charge in [0.2, 0.25) is 0 Å². The molecular weight excluding hydrogens is 332 g/mol. The van der Waals surface area contributed by atoms with Gasteiger partial charge in [-0.2, -0.15) is 5.10 Å². The summed E-state index contributed by atoms with van der Waals surface area (Å²) >= 11 is 0. The number of carbonyl (C=O) groups is 2. The topological polar surface area (TPSA) is 110 Å². The average Bonchev–Trinajstić information content (AvgIpc) is 3.27. The molecule has 0 unspecified atom stereocenters. The fourth-order valence-corrected chi connectivity index (χ4v) is 2.68. The lowest BCUT2D eigenvalue weighted by Gasteiger charge is -1.97. The van der Waals surface area contributed by atoms with Gasteiger partial charge >= 0.3 is 0 Å². The number of nitrogens with one attached hydrogen (secondary N) is 3. The number of aromatic nitrogens is 2. The highest BCUT2D eigenvalue weighted by Crippen LogP contribution is 2.18. The van der Waals surface area contributed by atoms with Crippen molar-refractivity contribution < 1.29 is 17.5 Å². The summed E-state index contributed by atoms with van der Waals surface area (Å²) in [5.41, 5.74) is 6.06. The fraction of sp³-hybridized carbons (Fsp3) is 0. The molecule has 7 heteroatoms. The first kappa shape index (κ1) is 17.0. The van der Waals surface area contributed by atoms with E-state index >= 15 is 0 Å². The van der Waals surface area contributed by atoms with E-state index in [0.717, 1.165) is 27.4 Å². The van der Waals surface area contributed by atoms with E-state index < -0.39 is 0 Å². The third kappa shape index (κ3) is 3.46. The second kappa shape index (κ2) is 7.80. The van der Waals surface area contributed by atoms with Crippen LogP contribution in [0.1, 0.15) is 18.8 Å². The number of carboxylic acid groups (broad SMARTS) is 1. The van der Waals surface area contributed by atoms with Crippen LogP contribution in [-0.4, -0.2) is 33.7 Å². The van der Waals surface area contributed by atoms with Gasteiger partial charge in [0.15, 0.2) is 0 Å². The Labute approximate surface area is 151 Å². The number of rotatable bonds is 3. The molecule has 0 aliphatic carbocycles. The largest absolute Gasteiger partial charge is 0.483 e. The van der Waals surface area contributed by atoms with Gasteiger partial charge in [0.25, 0.3) is 12.4 Å². The third-order valence-corrected chi connectivity index (χ3v) is 3.82. The first-order valence-corrected chi connectivity index (χ1v) is 7.78. The molecule has 0 atom stereocenters. The van der Waals surface area contributed by atoms with Crippen LogP contribution in [0, 0.1) is 0 Å². The van der Waals surface area contributed by atoms with Crippen LogP contribution in [-0.2, 0) is 4.79 Å². The minimum Gasteiger partial charge on any atom is -0.483 e. The van der Waals surface area contributed by atoms with Crippen molar-refractivity contribution in [2.45, 2.75) is 0 Å². The zero-order valence-electron chi connectivity index (χ0n) is 13.6. The van der Waals surface area contributed by atoms with Crippen LogP contribution < -0.4 is 5.43 Å². The molecule has 7 nitrogen and oxygen atoms in total. The summed E-state index contributed by atoms with van der Waals surface area (Å²) in [6.45, 7) is -0.250. The van der Waals surface area contributed by atoms with E-state index in [1.807, 2.05) is 54.7 Å². The predicted molar refractivity (Wildman–Crippen MR) is 105 cm³/mol. The quantitative estimate of drug-likeness (QED) is 0.257. The molecule has 0 spiro atoms. The number of carbonyl (C=O) groups excluding carboxylic acids is 1. The zero-order valence-corrected chi connectivity index (χ0v) is 13.6. The summed E-state index contributed by atoms with van der Waals surface area (Å²) in [7, 11) is 0. The monoisotopic (exact) mass is 352 g/mol. The molecule has 0 fully saturated rings. The summed E-state index contributed by atoms with van der Waals surface area (Å²) < 4.78 is 0. The molecule has 2 heterocycles. The second-order valence-electron chi connectivity index (χ2n) is 5.34. The number of fused-ring (bicyclic) bond motifs is 2. The normalized spacial score (nSPS) is 10.6. The lowest BCUT2D eigenvalue weighted by atomic mass is 10.2. The van der Waals surface area contributed by atoms with E-state index in [4.69, 9.17) is 9.90 Å². The Kier molecular flexibility index (Phi) is 5.09. The van der Waals surface area contributed by atoms with E-state index in [2.05, 4.69) is 20.5 Å². The van der Waals surface area contributed by atoms with Crippen LogP contribution in [0.15, 0.2) is 66.0 Å². The summed E-state index contributed by atoms with van der Waals surface area (Å²) in [4.78, 5) is 26.9. The van der Waals surface area contributed by atoms with Crippen molar-refractivity contribution >= 4 is 40.4 Å². The first-order valence-electron chi connectivity index (χ1n) is 7.78. The third-order valence-electron chi connectivity index (χ3n) is 3.82. The smallest absolute Gasteiger partial charge is 0.290 e. The molecule has 0 bridgehead atoms. The molecule has 0 aliphatic rings. The highest BCUT2D eigenvalue weighted by Gasteiger charge is 2.10. The van der Waals surface area contributed by atoms with Crippen LogP contribution in [0.5, 0.6) is 0 Å². The van der Waals surface area contributed by atoms with Gasteiger partial charge in [-0.3, -0.25) is 9.59 Å². The molecule has 0 saturated heterocycles. The summed E-state index contributed by atoms with van der Waals surface area (Å²) in [6, 6.07) is 15.6. The Bertz CT molecular complexity index is 1090. The lowest BCUT2D eigenvalue weighted by Crippen LogP contribution is -2.17. The lowest BCUT2D eigenvalue weighted by molar-refractivity contribution is -0.122. The molecule has 0 aliphatic heterocycles. The first-order chi connectivity index (χ1) is 12.7. The molecule has 0 radical (unpaired) electrons. The van der Waals surface area contributed by atoms with Gasteiger partial charge in [-0.05, 0) is 12.1 Å². The molecule has 4 rings (SSSR count). The minimum atomic E-state index is -0.250. The average molecular weight is 352 g/mol. The molecule has 1 amide bonds. The van der Waals surface area contributed by atoms with Crippen LogP contribution in [0.2, 0.25) is 0 Å². The Hall–Kier alpha value is -3.87. The summed E-state index contributed by atoms with van der Waals surface area (Å²) in [5.74, 6) is -0.237. The number of H-pyrrole nitrogens is 2. The van der Waals surface area contributed by atoms with Gasteiger partial charge in [-0.15, -0.1) is 0 Å². The summed E-state index contributed by atoms with van der Waals surface area (Å²) in [5, 5.41) is 12.9. The molecule has 0 saturated carbocycles. The minimum absolute atomic E-state index is 0. The van der Waals surface area contributed by atoms with Crippen molar-refractivity contribution in [3.8, 4) is 0 Å². The maximum absolute atomic E-state index is 12.3.